The largest absolute Gasteiger partial charge is 0.374 e. The lowest BCUT2D eigenvalue weighted by Crippen LogP contribution is -2.16. The minimum atomic E-state index is -0.573. The fourth-order valence-electron chi connectivity index (χ4n) is 2.64. The van der Waals surface area contributed by atoms with Crippen LogP contribution in [-0.4, -0.2) is 30.5 Å². The molecule has 0 bridgehead atoms. The summed E-state index contributed by atoms with van der Waals surface area (Å²) in [5.41, 5.74) is 1.19. The molecule has 0 amide bonds. The van der Waals surface area contributed by atoms with Gasteiger partial charge in [0, 0.05) is 17.6 Å². The molecule has 0 radical (unpaired) electrons. The number of nitrogens with zero attached hydrogens (tertiary/aromatic N) is 1. The first-order valence-corrected chi connectivity index (χ1v) is 10.7. The van der Waals surface area contributed by atoms with E-state index in [0.29, 0.717) is 23.5 Å². The van der Waals surface area contributed by atoms with Crippen LogP contribution in [0.25, 0.3) is 0 Å². The van der Waals surface area contributed by atoms with Gasteiger partial charge >= 0.3 is 5.97 Å². The van der Waals surface area contributed by atoms with E-state index in [0.717, 1.165) is 30.6 Å². The molecule has 154 valence electrons. The van der Waals surface area contributed by atoms with Crippen LogP contribution in [0, 0.1) is 0 Å². The van der Waals surface area contributed by atoms with Crippen molar-refractivity contribution in [1.29, 1.82) is 0 Å². The highest BCUT2D eigenvalue weighted by molar-refractivity contribution is 7.99. The molecule has 0 atom stereocenters. The van der Waals surface area contributed by atoms with Crippen LogP contribution in [0.2, 0.25) is 0 Å². The number of thioether (sulfide) groups is 1. The maximum absolute atomic E-state index is 12.9. The summed E-state index contributed by atoms with van der Waals surface area (Å²) in [6.07, 6.45) is 4.49. The van der Waals surface area contributed by atoms with Gasteiger partial charge in [0.15, 0.2) is 0 Å². The van der Waals surface area contributed by atoms with Gasteiger partial charge in [-0.3, -0.25) is 4.79 Å². The molecule has 0 saturated heterocycles. The highest BCUT2D eigenvalue weighted by Gasteiger charge is 2.16. The second-order valence-corrected chi connectivity index (χ2v) is 7.49. The van der Waals surface area contributed by atoms with E-state index in [-0.39, 0.29) is 11.5 Å². The first-order chi connectivity index (χ1) is 14.2. The second-order valence-electron chi connectivity index (χ2n) is 6.50. The predicted octanol–water partition coefficient (Wildman–Crippen LogP) is 5.75. The number of carbonyl (C=O) groups excluding carboxylic acids is 2. The van der Waals surface area contributed by atoms with Gasteiger partial charge in [-0.25, -0.2) is 4.79 Å². The lowest BCUT2D eigenvalue weighted by molar-refractivity contribution is 0.0514. The summed E-state index contributed by atoms with van der Waals surface area (Å²) in [7, 11) is 1.64. The van der Waals surface area contributed by atoms with Gasteiger partial charge in [0.25, 0.3) is 0 Å². The second kappa shape index (κ2) is 12.9. The van der Waals surface area contributed by atoms with Gasteiger partial charge < -0.3 is 9.57 Å². The van der Waals surface area contributed by atoms with Crippen molar-refractivity contribution in [2.45, 2.75) is 43.9 Å². The maximum atomic E-state index is 12.9. The maximum Gasteiger partial charge on any atom is 0.365 e. The molecule has 0 aromatic heterocycles. The number of ether oxygens (including phenoxy) is 1. The monoisotopic (exact) mass is 413 g/mol. The van der Waals surface area contributed by atoms with Crippen LogP contribution < -0.4 is 0 Å². The number of benzene rings is 2. The third-order valence-corrected chi connectivity index (χ3v) is 5.20. The van der Waals surface area contributed by atoms with Gasteiger partial charge in [0.05, 0.1) is 11.5 Å². The van der Waals surface area contributed by atoms with Crippen molar-refractivity contribution < 1.29 is 19.2 Å². The summed E-state index contributed by atoms with van der Waals surface area (Å²) < 4.78 is 5.05. The zero-order valence-electron chi connectivity index (χ0n) is 16.9. The van der Waals surface area contributed by atoms with Gasteiger partial charge in [-0.2, -0.15) is 0 Å². The van der Waals surface area contributed by atoms with Crippen LogP contribution in [-0.2, 0) is 9.57 Å². The van der Waals surface area contributed by atoms with Crippen LogP contribution in [0.1, 0.15) is 59.7 Å². The Morgan fingerprint density at radius 1 is 0.931 bits per heavy atom. The van der Waals surface area contributed by atoms with Crippen molar-refractivity contribution in [1.82, 2.24) is 0 Å². The normalized spacial score (nSPS) is 11.3. The summed E-state index contributed by atoms with van der Waals surface area (Å²) in [4.78, 5) is 31.2. The van der Waals surface area contributed by atoms with Crippen molar-refractivity contribution in [2.75, 3.05) is 13.0 Å². The van der Waals surface area contributed by atoms with Crippen LogP contribution in [0.5, 0.6) is 0 Å². The molecule has 0 N–H and O–H groups in total. The SMILES string of the molecule is CCCCCCC(=NOC(=O)c1ccccc1)C(=O)c1ccc(SCOC)cc1. The Labute approximate surface area is 176 Å². The number of hydrogen-bond donors (Lipinski definition) is 0. The number of carbonyl (C=O) groups is 2. The van der Waals surface area contributed by atoms with E-state index in [9.17, 15) is 9.59 Å². The molecule has 0 fully saturated rings. The number of unbranched alkanes of at least 4 members (excludes halogenated alkanes) is 3. The van der Waals surface area contributed by atoms with Crippen LogP contribution >= 0.6 is 11.8 Å². The molecule has 0 spiro atoms. The first-order valence-electron chi connectivity index (χ1n) is 9.75. The number of Topliss-reactive ketones (excluding diaryl/α,β-unsaturated/α-hetero) is 1. The summed E-state index contributed by atoms with van der Waals surface area (Å²) in [6, 6.07) is 15.9. The quantitative estimate of drug-likeness (QED) is 0.0843. The van der Waals surface area contributed by atoms with Gasteiger partial charge in [-0.15, -0.1) is 0 Å². The Hall–Kier alpha value is -2.44. The van der Waals surface area contributed by atoms with Crippen molar-refractivity contribution in [3.63, 3.8) is 0 Å². The van der Waals surface area contributed by atoms with Gasteiger partial charge in [-0.05, 0) is 49.2 Å². The Bertz CT molecular complexity index is 803. The van der Waals surface area contributed by atoms with E-state index in [1.165, 1.54) is 0 Å². The fraction of sp³-hybridized carbons (Fsp3) is 0.348. The van der Waals surface area contributed by atoms with Crippen LogP contribution in [0.15, 0.2) is 64.6 Å². The minimum absolute atomic E-state index is 0.217. The van der Waals surface area contributed by atoms with Crippen LogP contribution in [0.3, 0.4) is 0 Å². The Kier molecular flexibility index (Phi) is 10.2. The van der Waals surface area contributed by atoms with Crippen molar-refractivity contribution in [2.24, 2.45) is 5.16 Å². The van der Waals surface area contributed by atoms with E-state index < -0.39 is 5.97 Å². The predicted molar refractivity (Wildman–Crippen MR) is 117 cm³/mol. The molecule has 0 unspecified atom stereocenters. The molecular weight excluding hydrogens is 386 g/mol. The number of methoxy groups -OCH3 is 1. The number of rotatable bonds is 12. The minimum Gasteiger partial charge on any atom is -0.374 e. The molecule has 6 heteroatoms. The van der Waals surface area contributed by atoms with E-state index in [4.69, 9.17) is 9.57 Å². The molecular formula is C23H27NO4S. The lowest BCUT2D eigenvalue weighted by atomic mass is 10.0. The van der Waals surface area contributed by atoms with Crippen molar-refractivity contribution in [3.8, 4) is 0 Å². The van der Waals surface area contributed by atoms with Crippen molar-refractivity contribution in [3.05, 3.63) is 65.7 Å². The van der Waals surface area contributed by atoms with E-state index >= 15 is 0 Å². The third-order valence-electron chi connectivity index (χ3n) is 4.24. The number of oxime groups is 1. The van der Waals surface area contributed by atoms with E-state index in [1.54, 1.807) is 55.3 Å². The lowest BCUT2D eigenvalue weighted by Gasteiger charge is -2.07. The van der Waals surface area contributed by atoms with Gasteiger partial charge in [-0.1, -0.05) is 61.3 Å². The standard InChI is InChI=1S/C23H27NO4S/c1-3-4-5-9-12-21(24-28-23(26)19-10-7-6-8-11-19)22(25)18-13-15-20(16-14-18)29-17-27-2/h6-8,10-11,13-16H,3-5,9,12,17H2,1-2H3. The van der Waals surface area contributed by atoms with Crippen LogP contribution in [0.4, 0.5) is 0 Å². The topological polar surface area (TPSA) is 65.0 Å². The molecule has 29 heavy (non-hydrogen) atoms. The van der Waals surface area contributed by atoms with E-state index in [1.807, 2.05) is 18.2 Å². The summed E-state index contributed by atoms with van der Waals surface area (Å²) >= 11 is 1.55. The summed E-state index contributed by atoms with van der Waals surface area (Å²) in [6.45, 7) is 2.13. The molecule has 5 nitrogen and oxygen atoms in total. The summed E-state index contributed by atoms with van der Waals surface area (Å²) in [5, 5.41) is 3.94. The average molecular weight is 414 g/mol. The molecule has 2 aromatic carbocycles. The molecule has 2 aromatic rings. The highest BCUT2D eigenvalue weighted by Crippen LogP contribution is 2.19. The smallest absolute Gasteiger partial charge is 0.365 e. The van der Waals surface area contributed by atoms with Gasteiger partial charge in [0.1, 0.15) is 5.71 Å². The molecule has 0 saturated carbocycles. The molecule has 0 aliphatic rings. The van der Waals surface area contributed by atoms with Gasteiger partial charge in [0.2, 0.25) is 5.78 Å². The first kappa shape index (κ1) is 22.8. The highest BCUT2D eigenvalue weighted by atomic mass is 32.2. The zero-order valence-corrected chi connectivity index (χ0v) is 17.7. The Balaban J connectivity index is 2.10. The average Bonchev–Trinajstić information content (AvgIpc) is 2.77. The number of hydrogen-bond acceptors (Lipinski definition) is 6. The Morgan fingerprint density at radius 2 is 1.66 bits per heavy atom. The third kappa shape index (κ3) is 7.83. The fourth-order valence-corrected chi connectivity index (χ4v) is 3.22. The molecule has 0 heterocycles. The summed E-state index contributed by atoms with van der Waals surface area (Å²) in [5.74, 6) is -0.242. The van der Waals surface area contributed by atoms with Crippen molar-refractivity contribution >= 4 is 29.2 Å². The molecule has 2 rings (SSSR count). The number of ketones is 1. The molecule has 0 aliphatic heterocycles. The molecule has 0 aliphatic carbocycles. The Morgan fingerprint density at radius 3 is 2.31 bits per heavy atom. The van der Waals surface area contributed by atoms with E-state index in [2.05, 4.69) is 12.1 Å². The zero-order chi connectivity index (χ0) is 20.9.